The van der Waals surface area contributed by atoms with E-state index in [1.165, 1.54) is 0 Å². The Bertz CT molecular complexity index is 361. The smallest absolute Gasteiger partial charge is 0.392 e. The third-order valence-electron chi connectivity index (χ3n) is 3.71. The van der Waals surface area contributed by atoms with Crippen LogP contribution in [0.25, 0.3) is 0 Å². The molecular formula is C13H21F3N2O3. The van der Waals surface area contributed by atoms with Crippen LogP contribution < -0.4 is 10.6 Å². The first-order valence-corrected chi connectivity index (χ1v) is 7.11. The Morgan fingerprint density at radius 2 is 1.81 bits per heavy atom. The van der Waals surface area contributed by atoms with Crippen molar-refractivity contribution >= 4 is 12.0 Å². The van der Waals surface area contributed by atoms with Crippen LogP contribution in [0.3, 0.4) is 0 Å². The molecule has 0 aromatic carbocycles. The molecule has 5 nitrogen and oxygen atoms in total. The molecule has 0 heterocycles. The van der Waals surface area contributed by atoms with Gasteiger partial charge in [-0.3, -0.25) is 4.79 Å². The second kappa shape index (κ2) is 8.09. The molecule has 0 aromatic rings. The van der Waals surface area contributed by atoms with E-state index >= 15 is 0 Å². The number of hydrogen-bond acceptors (Lipinski definition) is 2. The molecule has 122 valence electrons. The first-order chi connectivity index (χ1) is 9.80. The standard InChI is InChI=1S/C13H21F3N2O3/c14-13(15,16)10-5-2-1-4-9(10)8-18-12(21)17-7-3-6-11(19)20/h9-10H,1-8H2,(H,19,20)(H2,17,18,21). The molecule has 2 unspecified atom stereocenters. The maximum Gasteiger partial charge on any atom is 0.392 e. The molecule has 0 aliphatic heterocycles. The molecule has 0 radical (unpaired) electrons. The van der Waals surface area contributed by atoms with Gasteiger partial charge in [-0.25, -0.2) is 4.79 Å². The Kier molecular flexibility index (Phi) is 6.77. The van der Waals surface area contributed by atoms with Crippen molar-refractivity contribution < 1.29 is 27.9 Å². The minimum atomic E-state index is -4.22. The van der Waals surface area contributed by atoms with E-state index in [1.54, 1.807) is 0 Å². The summed E-state index contributed by atoms with van der Waals surface area (Å²) in [4.78, 5) is 21.7. The van der Waals surface area contributed by atoms with E-state index in [1.807, 2.05) is 0 Å². The highest BCUT2D eigenvalue weighted by molar-refractivity contribution is 5.73. The van der Waals surface area contributed by atoms with Crippen LogP contribution in [-0.2, 0) is 4.79 Å². The number of halogens is 3. The lowest BCUT2D eigenvalue weighted by atomic mass is 9.79. The normalized spacial score (nSPS) is 22.6. The van der Waals surface area contributed by atoms with E-state index in [9.17, 15) is 22.8 Å². The minimum absolute atomic E-state index is 0.00502. The van der Waals surface area contributed by atoms with Crippen molar-refractivity contribution in [2.45, 2.75) is 44.7 Å². The number of alkyl halides is 3. The average molecular weight is 310 g/mol. The Morgan fingerprint density at radius 3 is 2.43 bits per heavy atom. The summed E-state index contributed by atoms with van der Waals surface area (Å²) in [5.41, 5.74) is 0. The van der Waals surface area contributed by atoms with E-state index < -0.39 is 30.0 Å². The minimum Gasteiger partial charge on any atom is -0.481 e. The van der Waals surface area contributed by atoms with Gasteiger partial charge in [0.1, 0.15) is 0 Å². The number of carbonyl (C=O) groups excluding carboxylic acids is 1. The van der Waals surface area contributed by atoms with Crippen molar-refractivity contribution in [3.8, 4) is 0 Å². The maximum atomic E-state index is 12.9. The van der Waals surface area contributed by atoms with Crippen LogP contribution in [0, 0.1) is 11.8 Å². The summed E-state index contributed by atoms with van der Waals surface area (Å²) in [7, 11) is 0. The molecular weight excluding hydrogens is 289 g/mol. The molecule has 1 saturated carbocycles. The third kappa shape index (κ3) is 6.68. The van der Waals surface area contributed by atoms with Crippen LogP contribution in [0.2, 0.25) is 0 Å². The lowest BCUT2D eigenvalue weighted by Gasteiger charge is -2.33. The van der Waals surface area contributed by atoms with Gasteiger partial charge in [0.05, 0.1) is 5.92 Å². The van der Waals surface area contributed by atoms with Gasteiger partial charge < -0.3 is 15.7 Å². The van der Waals surface area contributed by atoms with Crippen LogP contribution in [0.4, 0.5) is 18.0 Å². The van der Waals surface area contributed by atoms with Crippen molar-refractivity contribution in [2.24, 2.45) is 11.8 Å². The van der Waals surface area contributed by atoms with Gasteiger partial charge >= 0.3 is 18.2 Å². The number of nitrogens with one attached hydrogen (secondary N) is 2. The number of carboxylic acids is 1. The number of rotatable bonds is 6. The van der Waals surface area contributed by atoms with Gasteiger partial charge in [0, 0.05) is 19.5 Å². The Balaban J connectivity index is 2.28. The summed E-state index contributed by atoms with van der Waals surface area (Å²) in [6.07, 6.45) is -2.08. The van der Waals surface area contributed by atoms with Gasteiger partial charge in [-0.2, -0.15) is 13.2 Å². The molecule has 2 atom stereocenters. The quantitative estimate of drug-likeness (QED) is 0.660. The van der Waals surface area contributed by atoms with Crippen molar-refractivity contribution in [3.63, 3.8) is 0 Å². The SMILES string of the molecule is O=C(O)CCCNC(=O)NCC1CCCCC1C(F)(F)F. The van der Waals surface area contributed by atoms with E-state index in [2.05, 4.69) is 10.6 Å². The van der Waals surface area contributed by atoms with E-state index in [4.69, 9.17) is 5.11 Å². The predicted molar refractivity (Wildman–Crippen MR) is 69.8 cm³/mol. The van der Waals surface area contributed by atoms with Crippen LogP contribution in [0.1, 0.15) is 38.5 Å². The van der Waals surface area contributed by atoms with Crippen molar-refractivity contribution in [1.29, 1.82) is 0 Å². The first kappa shape index (κ1) is 17.6. The number of hydrogen-bond donors (Lipinski definition) is 3. The summed E-state index contributed by atoms with van der Waals surface area (Å²) in [6.45, 7) is 0.181. The molecule has 3 N–H and O–H groups in total. The van der Waals surface area contributed by atoms with Gasteiger partial charge in [0.15, 0.2) is 0 Å². The fourth-order valence-corrected chi connectivity index (χ4v) is 2.61. The fraction of sp³-hybridized carbons (Fsp3) is 0.846. The van der Waals surface area contributed by atoms with Crippen molar-refractivity contribution in [3.05, 3.63) is 0 Å². The lowest BCUT2D eigenvalue weighted by molar-refractivity contribution is -0.195. The monoisotopic (exact) mass is 310 g/mol. The Labute approximate surface area is 121 Å². The van der Waals surface area contributed by atoms with Crippen molar-refractivity contribution in [1.82, 2.24) is 10.6 Å². The Hall–Kier alpha value is -1.47. The summed E-state index contributed by atoms with van der Waals surface area (Å²) in [5.74, 6) is -2.88. The molecule has 0 spiro atoms. The first-order valence-electron chi connectivity index (χ1n) is 7.11. The molecule has 21 heavy (non-hydrogen) atoms. The van der Waals surface area contributed by atoms with Gasteiger partial charge in [0.2, 0.25) is 0 Å². The van der Waals surface area contributed by atoms with E-state index in [0.717, 1.165) is 6.42 Å². The highest BCUT2D eigenvalue weighted by Crippen LogP contribution is 2.41. The Morgan fingerprint density at radius 1 is 1.14 bits per heavy atom. The molecule has 2 amide bonds. The largest absolute Gasteiger partial charge is 0.481 e. The maximum absolute atomic E-state index is 12.9. The number of carboxylic acid groups (broad SMARTS) is 1. The number of amides is 2. The predicted octanol–water partition coefficient (Wildman–Crippen LogP) is 2.52. The molecule has 1 fully saturated rings. The number of urea groups is 1. The summed E-state index contributed by atoms with van der Waals surface area (Å²) < 4.78 is 38.6. The summed E-state index contributed by atoms with van der Waals surface area (Å²) in [5, 5.41) is 13.3. The van der Waals surface area contributed by atoms with Gasteiger partial charge in [-0.15, -0.1) is 0 Å². The average Bonchev–Trinajstić information content (AvgIpc) is 2.40. The third-order valence-corrected chi connectivity index (χ3v) is 3.71. The van der Waals surface area contributed by atoms with Crippen LogP contribution in [0.15, 0.2) is 0 Å². The second-order valence-electron chi connectivity index (χ2n) is 5.33. The molecule has 1 rings (SSSR count). The zero-order chi connectivity index (χ0) is 15.9. The van der Waals surface area contributed by atoms with Gasteiger partial charge in [-0.1, -0.05) is 12.8 Å². The zero-order valence-corrected chi connectivity index (χ0v) is 11.7. The lowest BCUT2D eigenvalue weighted by Crippen LogP contribution is -2.43. The molecule has 0 saturated heterocycles. The van der Waals surface area contributed by atoms with Gasteiger partial charge in [0.25, 0.3) is 0 Å². The molecule has 0 bridgehead atoms. The second-order valence-corrected chi connectivity index (χ2v) is 5.33. The number of carbonyl (C=O) groups is 2. The van der Waals surface area contributed by atoms with E-state index in [-0.39, 0.29) is 32.4 Å². The van der Waals surface area contributed by atoms with Gasteiger partial charge in [-0.05, 0) is 25.2 Å². The zero-order valence-electron chi connectivity index (χ0n) is 11.7. The van der Waals surface area contributed by atoms with Crippen molar-refractivity contribution in [2.75, 3.05) is 13.1 Å². The topological polar surface area (TPSA) is 78.4 Å². The molecule has 0 aromatic heterocycles. The number of aliphatic carboxylic acids is 1. The van der Waals surface area contributed by atoms with Crippen LogP contribution >= 0.6 is 0 Å². The summed E-state index contributed by atoms with van der Waals surface area (Å²) >= 11 is 0. The highest BCUT2D eigenvalue weighted by atomic mass is 19.4. The van der Waals surface area contributed by atoms with Crippen LogP contribution in [-0.4, -0.2) is 36.4 Å². The van der Waals surface area contributed by atoms with Crippen LogP contribution in [0.5, 0.6) is 0 Å². The summed E-state index contributed by atoms with van der Waals surface area (Å²) in [6, 6.07) is -0.549. The van der Waals surface area contributed by atoms with E-state index in [0.29, 0.717) is 12.8 Å². The highest BCUT2D eigenvalue weighted by Gasteiger charge is 2.45. The molecule has 1 aliphatic rings. The molecule has 8 heteroatoms. The fourth-order valence-electron chi connectivity index (χ4n) is 2.61. The molecule has 1 aliphatic carbocycles.